The SMILES string of the molecule is Cc1ccc(Cl)cc1N1CCN(CCCl)CC1. The molecule has 0 radical (unpaired) electrons. The second-order valence-corrected chi connectivity index (χ2v) is 5.26. The highest BCUT2D eigenvalue weighted by atomic mass is 35.5. The number of halogens is 2. The van der Waals surface area contributed by atoms with Gasteiger partial charge in [-0.2, -0.15) is 0 Å². The van der Waals surface area contributed by atoms with Crippen molar-refractivity contribution in [1.82, 2.24) is 4.90 Å². The Labute approximate surface area is 113 Å². The largest absolute Gasteiger partial charge is 0.369 e. The van der Waals surface area contributed by atoms with Crippen LogP contribution in [0.2, 0.25) is 5.02 Å². The summed E-state index contributed by atoms with van der Waals surface area (Å²) >= 11 is 11.8. The molecular weight excluding hydrogens is 255 g/mol. The van der Waals surface area contributed by atoms with Crippen molar-refractivity contribution < 1.29 is 0 Å². The van der Waals surface area contributed by atoms with Crippen LogP contribution < -0.4 is 4.90 Å². The number of hydrogen-bond donors (Lipinski definition) is 0. The maximum Gasteiger partial charge on any atom is 0.0426 e. The molecule has 1 fully saturated rings. The van der Waals surface area contributed by atoms with E-state index in [4.69, 9.17) is 23.2 Å². The Morgan fingerprint density at radius 3 is 2.53 bits per heavy atom. The monoisotopic (exact) mass is 272 g/mol. The zero-order valence-corrected chi connectivity index (χ0v) is 11.6. The fourth-order valence-corrected chi connectivity index (χ4v) is 2.66. The molecule has 17 heavy (non-hydrogen) atoms. The van der Waals surface area contributed by atoms with E-state index in [9.17, 15) is 0 Å². The molecule has 4 heteroatoms. The van der Waals surface area contributed by atoms with Crippen molar-refractivity contribution in [3.8, 4) is 0 Å². The van der Waals surface area contributed by atoms with Crippen LogP contribution in [0.5, 0.6) is 0 Å². The predicted molar refractivity (Wildman–Crippen MR) is 75.6 cm³/mol. The van der Waals surface area contributed by atoms with Crippen LogP contribution in [0.1, 0.15) is 5.56 Å². The highest BCUT2D eigenvalue weighted by molar-refractivity contribution is 6.30. The maximum atomic E-state index is 6.06. The van der Waals surface area contributed by atoms with Crippen LogP contribution in [0.4, 0.5) is 5.69 Å². The van der Waals surface area contributed by atoms with Crippen molar-refractivity contribution in [2.24, 2.45) is 0 Å². The van der Waals surface area contributed by atoms with Gasteiger partial charge in [-0.25, -0.2) is 0 Å². The van der Waals surface area contributed by atoms with Crippen LogP contribution in [0.15, 0.2) is 18.2 Å². The van der Waals surface area contributed by atoms with Crippen molar-refractivity contribution in [3.05, 3.63) is 28.8 Å². The average Bonchev–Trinajstić information content (AvgIpc) is 2.34. The Morgan fingerprint density at radius 2 is 1.88 bits per heavy atom. The third kappa shape index (κ3) is 3.27. The molecule has 0 unspecified atom stereocenters. The van der Waals surface area contributed by atoms with Crippen LogP contribution in [0, 0.1) is 6.92 Å². The van der Waals surface area contributed by atoms with E-state index in [2.05, 4.69) is 28.9 Å². The van der Waals surface area contributed by atoms with Gasteiger partial charge in [0.05, 0.1) is 0 Å². The second-order valence-electron chi connectivity index (χ2n) is 4.45. The predicted octanol–water partition coefficient (Wildman–Crippen LogP) is 3.01. The molecule has 0 aliphatic carbocycles. The molecule has 0 spiro atoms. The Balaban J connectivity index is 2.02. The number of rotatable bonds is 3. The lowest BCUT2D eigenvalue weighted by atomic mass is 10.1. The molecule has 2 nitrogen and oxygen atoms in total. The van der Waals surface area contributed by atoms with Gasteiger partial charge in [-0.1, -0.05) is 17.7 Å². The van der Waals surface area contributed by atoms with Gasteiger partial charge >= 0.3 is 0 Å². The van der Waals surface area contributed by atoms with Gasteiger partial charge in [-0.05, 0) is 24.6 Å². The minimum absolute atomic E-state index is 0.718. The number of anilines is 1. The second kappa shape index (κ2) is 5.94. The summed E-state index contributed by atoms with van der Waals surface area (Å²) in [4.78, 5) is 4.81. The lowest BCUT2D eigenvalue weighted by Gasteiger charge is -2.36. The number of alkyl halides is 1. The molecule has 1 aromatic carbocycles. The average molecular weight is 273 g/mol. The molecule has 2 rings (SSSR count). The summed E-state index contributed by atoms with van der Waals surface area (Å²) in [7, 11) is 0. The van der Waals surface area contributed by atoms with E-state index in [0.29, 0.717) is 0 Å². The number of hydrogen-bond acceptors (Lipinski definition) is 2. The molecule has 1 aliphatic heterocycles. The van der Waals surface area contributed by atoms with Gasteiger partial charge in [0.25, 0.3) is 0 Å². The van der Waals surface area contributed by atoms with E-state index in [1.807, 2.05) is 6.07 Å². The molecule has 0 saturated carbocycles. The lowest BCUT2D eigenvalue weighted by Crippen LogP contribution is -2.47. The number of nitrogens with zero attached hydrogens (tertiary/aromatic N) is 2. The lowest BCUT2D eigenvalue weighted by molar-refractivity contribution is 0.272. The maximum absolute atomic E-state index is 6.06. The Morgan fingerprint density at radius 1 is 1.18 bits per heavy atom. The Bertz CT molecular complexity index is 374. The molecule has 0 bridgehead atoms. The fraction of sp³-hybridized carbons (Fsp3) is 0.538. The van der Waals surface area contributed by atoms with Crippen molar-refractivity contribution >= 4 is 28.9 Å². The van der Waals surface area contributed by atoms with E-state index in [1.165, 1.54) is 11.3 Å². The van der Waals surface area contributed by atoms with Crippen LogP contribution in [0.3, 0.4) is 0 Å². The first-order chi connectivity index (χ1) is 8.20. The van der Waals surface area contributed by atoms with Gasteiger partial charge in [0, 0.05) is 49.3 Å². The molecule has 1 aromatic rings. The number of aryl methyl sites for hydroxylation is 1. The van der Waals surface area contributed by atoms with Crippen LogP contribution in [0.25, 0.3) is 0 Å². The topological polar surface area (TPSA) is 6.48 Å². The van der Waals surface area contributed by atoms with E-state index in [0.717, 1.165) is 43.6 Å². The smallest absolute Gasteiger partial charge is 0.0426 e. The van der Waals surface area contributed by atoms with Gasteiger partial charge < -0.3 is 4.90 Å². The highest BCUT2D eigenvalue weighted by Crippen LogP contribution is 2.25. The first kappa shape index (κ1) is 13.0. The van der Waals surface area contributed by atoms with Gasteiger partial charge in [0.1, 0.15) is 0 Å². The molecule has 94 valence electrons. The molecule has 0 aromatic heterocycles. The zero-order valence-electron chi connectivity index (χ0n) is 10.1. The normalized spacial score (nSPS) is 17.5. The first-order valence-corrected chi connectivity index (χ1v) is 6.91. The van der Waals surface area contributed by atoms with Crippen molar-refractivity contribution in [2.45, 2.75) is 6.92 Å². The standard InChI is InChI=1S/C13H18Cl2N2/c1-11-2-3-12(15)10-13(11)17-8-6-16(5-4-14)7-9-17/h2-3,10H,4-9H2,1H3. The van der Waals surface area contributed by atoms with Gasteiger partial charge in [-0.15, -0.1) is 11.6 Å². The third-order valence-corrected chi connectivity index (χ3v) is 3.69. The summed E-state index contributed by atoms with van der Waals surface area (Å²) in [6, 6.07) is 6.10. The van der Waals surface area contributed by atoms with E-state index in [-0.39, 0.29) is 0 Å². The van der Waals surface area contributed by atoms with E-state index >= 15 is 0 Å². The Kier molecular flexibility index (Phi) is 4.55. The zero-order chi connectivity index (χ0) is 12.3. The fourth-order valence-electron chi connectivity index (χ4n) is 2.26. The minimum atomic E-state index is 0.718. The van der Waals surface area contributed by atoms with E-state index < -0.39 is 0 Å². The molecule has 0 atom stereocenters. The summed E-state index contributed by atoms with van der Waals surface area (Å²) in [6.07, 6.45) is 0. The molecule has 1 heterocycles. The van der Waals surface area contributed by atoms with Crippen LogP contribution >= 0.6 is 23.2 Å². The summed E-state index contributed by atoms with van der Waals surface area (Å²) in [5, 5.41) is 0.814. The summed E-state index contributed by atoms with van der Waals surface area (Å²) in [5.41, 5.74) is 2.56. The van der Waals surface area contributed by atoms with Gasteiger partial charge in [0.15, 0.2) is 0 Å². The van der Waals surface area contributed by atoms with Crippen LogP contribution in [-0.4, -0.2) is 43.5 Å². The molecule has 1 saturated heterocycles. The van der Waals surface area contributed by atoms with Crippen molar-refractivity contribution in [2.75, 3.05) is 43.5 Å². The first-order valence-electron chi connectivity index (χ1n) is 6.00. The molecular formula is C13H18Cl2N2. The molecule has 0 amide bonds. The Hall–Kier alpha value is -0.440. The van der Waals surface area contributed by atoms with E-state index in [1.54, 1.807) is 0 Å². The quantitative estimate of drug-likeness (QED) is 0.781. The third-order valence-electron chi connectivity index (χ3n) is 3.28. The summed E-state index contributed by atoms with van der Waals surface area (Å²) in [5.74, 6) is 0.718. The van der Waals surface area contributed by atoms with Crippen molar-refractivity contribution in [1.29, 1.82) is 0 Å². The highest BCUT2D eigenvalue weighted by Gasteiger charge is 2.17. The summed E-state index contributed by atoms with van der Waals surface area (Å²) < 4.78 is 0. The van der Waals surface area contributed by atoms with Crippen LogP contribution in [-0.2, 0) is 0 Å². The minimum Gasteiger partial charge on any atom is -0.369 e. The van der Waals surface area contributed by atoms with Gasteiger partial charge in [0.2, 0.25) is 0 Å². The molecule has 1 aliphatic rings. The van der Waals surface area contributed by atoms with Gasteiger partial charge in [-0.3, -0.25) is 4.90 Å². The summed E-state index contributed by atoms with van der Waals surface area (Å²) in [6.45, 7) is 7.40. The van der Waals surface area contributed by atoms with Crippen molar-refractivity contribution in [3.63, 3.8) is 0 Å². The number of piperazine rings is 1. The number of benzene rings is 1. The molecule has 0 N–H and O–H groups in total.